The van der Waals surface area contributed by atoms with Gasteiger partial charge in [-0.1, -0.05) is 6.07 Å². The van der Waals surface area contributed by atoms with Crippen LogP contribution in [-0.4, -0.2) is 37.3 Å². The van der Waals surface area contributed by atoms with E-state index in [0.29, 0.717) is 0 Å². The Bertz CT molecular complexity index is 638. The van der Waals surface area contributed by atoms with Gasteiger partial charge in [0, 0.05) is 13.1 Å². The first kappa shape index (κ1) is 14.9. The number of hydrogen-bond donors (Lipinski definition) is 1. The van der Waals surface area contributed by atoms with Crippen LogP contribution in [0.15, 0.2) is 23.1 Å². The van der Waals surface area contributed by atoms with E-state index >= 15 is 0 Å². The lowest BCUT2D eigenvalue weighted by molar-refractivity contribution is -0.131. The molecule has 0 aromatic heterocycles. The highest BCUT2D eigenvalue weighted by Crippen LogP contribution is 2.29. The Kier molecular flexibility index (Phi) is 3.55. The van der Waals surface area contributed by atoms with Crippen molar-refractivity contribution in [1.82, 2.24) is 9.62 Å². The highest BCUT2D eigenvalue weighted by Gasteiger charge is 2.46. The van der Waals surface area contributed by atoms with E-state index in [1.54, 1.807) is 0 Å². The number of amides is 1. The molecule has 0 bridgehead atoms. The van der Waals surface area contributed by atoms with E-state index in [0.717, 1.165) is 22.5 Å². The van der Waals surface area contributed by atoms with Crippen molar-refractivity contribution in [2.24, 2.45) is 0 Å². The van der Waals surface area contributed by atoms with Crippen molar-refractivity contribution in [3.8, 4) is 0 Å². The number of rotatable bonds is 2. The molecule has 20 heavy (non-hydrogen) atoms. The molecule has 1 aromatic rings. The molecule has 2 rings (SSSR count). The Morgan fingerprint density at radius 1 is 1.25 bits per heavy atom. The van der Waals surface area contributed by atoms with Crippen molar-refractivity contribution in [2.75, 3.05) is 13.1 Å². The molecule has 1 saturated heterocycles. The fourth-order valence-electron chi connectivity index (χ4n) is 2.14. The van der Waals surface area contributed by atoms with E-state index in [1.807, 2.05) is 0 Å². The molecular weight excluding hydrogens is 290 g/mol. The summed E-state index contributed by atoms with van der Waals surface area (Å²) < 4.78 is 53.1. The number of sulfonamides is 1. The Morgan fingerprint density at radius 3 is 2.35 bits per heavy atom. The Morgan fingerprint density at radius 2 is 1.80 bits per heavy atom. The summed E-state index contributed by atoms with van der Waals surface area (Å²) in [6, 6.07) is 2.82. The van der Waals surface area contributed by atoms with Crippen LogP contribution >= 0.6 is 0 Å². The Balaban J connectivity index is 2.58. The quantitative estimate of drug-likeness (QED) is 0.881. The number of piperazine rings is 1. The van der Waals surface area contributed by atoms with Gasteiger partial charge >= 0.3 is 0 Å². The normalized spacial score (nSPS) is 19.7. The zero-order valence-corrected chi connectivity index (χ0v) is 11.8. The third-order valence-electron chi connectivity index (χ3n) is 3.25. The van der Waals surface area contributed by atoms with E-state index in [4.69, 9.17) is 0 Å². The summed E-state index contributed by atoms with van der Waals surface area (Å²) in [6.07, 6.45) is 0. The number of carbonyl (C=O) groups excluding carboxylic acids is 1. The average Bonchev–Trinajstić information content (AvgIpc) is 2.31. The second kappa shape index (κ2) is 4.78. The lowest BCUT2D eigenvalue weighted by Crippen LogP contribution is -2.63. The number of nitrogens with zero attached hydrogens (tertiary/aromatic N) is 1. The lowest BCUT2D eigenvalue weighted by Gasteiger charge is -2.39. The topological polar surface area (TPSA) is 66.5 Å². The maximum atomic E-state index is 13.7. The summed E-state index contributed by atoms with van der Waals surface area (Å²) >= 11 is 0. The van der Waals surface area contributed by atoms with Gasteiger partial charge in [-0.25, -0.2) is 17.2 Å². The van der Waals surface area contributed by atoms with E-state index in [-0.39, 0.29) is 13.1 Å². The third kappa shape index (κ3) is 2.18. The van der Waals surface area contributed by atoms with Crippen LogP contribution in [0, 0.1) is 11.6 Å². The van der Waals surface area contributed by atoms with Crippen molar-refractivity contribution >= 4 is 15.9 Å². The predicted molar refractivity (Wildman–Crippen MR) is 67.3 cm³/mol. The fraction of sp³-hybridized carbons (Fsp3) is 0.417. The van der Waals surface area contributed by atoms with Crippen LogP contribution < -0.4 is 5.32 Å². The maximum Gasteiger partial charge on any atom is 0.249 e. The van der Waals surface area contributed by atoms with Crippen molar-refractivity contribution in [3.05, 3.63) is 29.8 Å². The maximum absolute atomic E-state index is 13.7. The molecule has 0 radical (unpaired) electrons. The van der Waals surface area contributed by atoms with Gasteiger partial charge in [0.2, 0.25) is 15.9 Å². The summed E-state index contributed by atoms with van der Waals surface area (Å²) in [6.45, 7) is 2.82. The first-order chi connectivity index (χ1) is 9.19. The SMILES string of the molecule is CC1(C)C(=O)NCCN1S(=O)(=O)c1c(F)cccc1F. The zero-order valence-electron chi connectivity index (χ0n) is 11.0. The minimum Gasteiger partial charge on any atom is -0.353 e. The van der Waals surface area contributed by atoms with Crippen LogP contribution in [0.2, 0.25) is 0 Å². The Labute approximate surface area is 115 Å². The number of halogens is 2. The molecule has 1 fully saturated rings. The molecule has 110 valence electrons. The Hall–Kier alpha value is -1.54. The molecule has 0 saturated carbocycles. The van der Waals surface area contributed by atoms with Gasteiger partial charge in [0.25, 0.3) is 0 Å². The standard InChI is InChI=1S/C12H14F2N2O3S/c1-12(2)11(17)15-6-7-16(12)20(18,19)10-8(13)4-3-5-9(10)14/h3-5H,6-7H2,1-2H3,(H,15,17). The zero-order chi connectivity index (χ0) is 15.1. The van der Waals surface area contributed by atoms with Crippen LogP contribution in [0.5, 0.6) is 0 Å². The molecule has 1 heterocycles. The van der Waals surface area contributed by atoms with Gasteiger partial charge in [-0.05, 0) is 26.0 Å². The number of carbonyl (C=O) groups is 1. The van der Waals surface area contributed by atoms with Gasteiger partial charge in [-0.2, -0.15) is 4.31 Å². The van der Waals surface area contributed by atoms with E-state index in [9.17, 15) is 22.0 Å². The minimum atomic E-state index is -4.44. The van der Waals surface area contributed by atoms with E-state index in [1.165, 1.54) is 13.8 Å². The molecule has 1 amide bonds. The minimum absolute atomic E-state index is 0.0468. The molecular formula is C12H14F2N2O3S. The number of hydrogen-bond acceptors (Lipinski definition) is 3. The van der Waals surface area contributed by atoms with Crippen LogP contribution in [0.4, 0.5) is 8.78 Å². The molecule has 1 N–H and O–H groups in total. The highest BCUT2D eigenvalue weighted by atomic mass is 32.2. The number of nitrogens with one attached hydrogen (secondary N) is 1. The molecule has 0 unspecified atom stereocenters. The van der Waals surface area contributed by atoms with Crippen molar-refractivity contribution in [2.45, 2.75) is 24.3 Å². The third-order valence-corrected chi connectivity index (χ3v) is 5.37. The van der Waals surface area contributed by atoms with Crippen LogP contribution in [0.3, 0.4) is 0 Å². The second-order valence-electron chi connectivity index (χ2n) is 4.94. The fourth-order valence-corrected chi connectivity index (χ4v) is 4.00. The largest absolute Gasteiger partial charge is 0.353 e. The van der Waals surface area contributed by atoms with Crippen LogP contribution in [0.25, 0.3) is 0 Å². The molecule has 0 atom stereocenters. The summed E-state index contributed by atoms with van der Waals surface area (Å²) in [5.41, 5.74) is -1.41. The lowest BCUT2D eigenvalue weighted by atomic mass is 10.0. The summed E-state index contributed by atoms with van der Waals surface area (Å²) in [7, 11) is -4.44. The van der Waals surface area contributed by atoms with Crippen LogP contribution in [0.1, 0.15) is 13.8 Å². The van der Waals surface area contributed by atoms with Gasteiger partial charge in [0.15, 0.2) is 4.90 Å². The van der Waals surface area contributed by atoms with Crippen molar-refractivity contribution in [3.63, 3.8) is 0 Å². The summed E-state index contributed by atoms with van der Waals surface area (Å²) in [5, 5.41) is 2.52. The van der Waals surface area contributed by atoms with Crippen LogP contribution in [-0.2, 0) is 14.8 Å². The predicted octanol–water partition coefficient (Wildman–Crippen LogP) is 0.864. The number of benzene rings is 1. The van der Waals surface area contributed by atoms with Crippen molar-refractivity contribution in [1.29, 1.82) is 0 Å². The molecule has 1 aliphatic rings. The molecule has 8 heteroatoms. The second-order valence-corrected chi connectivity index (χ2v) is 6.74. The molecule has 0 aliphatic carbocycles. The van der Waals surface area contributed by atoms with Crippen molar-refractivity contribution < 1.29 is 22.0 Å². The van der Waals surface area contributed by atoms with Gasteiger partial charge in [-0.3, -0.25) is 4.79 Å². The van der Waals surface area contributed by atoms with Gasteiger partial charge in [0.05, 0.1) is 0 Å². The van der Waals surface area contributed by atoms with Gasteiger partial charge in [-0.15, -0.1) is 0 Å². The monoisotopic (exact) mass is 304 g/mol. The van der Waals surface area contributed by atoms with Gasteiger partial charge < -0.3 is 5.32 Å². The summed E-state index contributed by atoms with van der Waals surface area (Å²) in [4.78, 5) is 10.7. The molecule has 5 nitrogen and oxygen atoms in total. The summed E-state index contributed by atoms with van der Waals surface area (Å²) in [5.74, 6) is -2.86. The average molecular weight is 304 g/mol. The molecule has 1 aromatic carbocycles. The first-order valence-electron chi connectivity index (χ1n) is 5.94. The van der Waals surface area contributed by atoms with E-state index < -0.39 is 38.0 Å². The van der Waals surface area contributed by atoms with Gasteiger partial charge in [0.1, 0.15) is 17.2 Å². The first-order valence-corrected chi connectivity index (χ1v) is 7.38. The highest BCUT2D eigenvalue weighted by molar-refractivity contribution is 7.89. The smallest absolute Gasteiger partial charge is 0.249 e. The molecule has 1 aliphatic heterocycles. The molecule has 0 spiro atoms. The van der Waals surface area contributed by atoms with E-state index in [2.05, 4.69) is 5.32 Å².